The SMILES string of the molecule is CCOC(=O)O[C@H]1CC[C@@]2(C)C(=CC[C@@H]3[C@@H]2CC[C@]2(C)C(c4cccnc4)=CC[C@@H]32)C1. The Morgan fingerprint density at radius 1 is 1.13 bits per heavy atom. The smallest absolute Gasteiger partial charge is 0.435 e. The molecule has 0 aliphatic heterocycles. The van der Waals surface area contributed by atoms with Gasteiger partial charge in [-0.2, -0.15) is 0 Å². The zero-order valence-electron chi connectivity index (χ0n) is 19.1. The van der Waals surface area contributed by atoms with Gasteiger partial charge in [0.15, 0.2) is 0 Å². The monoisotopic (exact) mass is 421 g/mol. The van der Waals surface area contributed by atoms with E-state index in [0.717, 1.165) is 37.5 Å². The van der Waals surface area contributed by atoms with Gasteiger partial charge in [-0.15, -0.1) is 0 Å². The molecule has 4 aliphatic carbocycles. The van der Waals surface area contributed by atoms with Crippen molar-refractivity contribution in [2.24, 2.45) is 28.6 Å². The van der Waals surface area contributed by atoms with Gasteiger partial charge in [-0.05, 0) is 91.2 Å². The van der Waals surface area contributed by atoms with Gasteiger partial charge < -0.3 is 9.47 Å². The topological polar surface area (TPSA) is 48.4 Å². The quantitative estimate of drug-likeness (QED) is 0.408. The Kier molecular flexibility index (Phi) is 5.22. The largest absolute Gasteiger partial charge is 0.508 e. The summed E-state index contributed by atoms with van der Waals surface area (Å²) in [6.45, 7) is 7.18. The lowest BCUT2D eigenvalue weighted by molar-refractivity contribution is -0.0353. The molecular weight excluding hydrogens is 386 g/mol. The molecule has 0 spiro atoms. The molecule has 0 unspecified atom stereocenters. The maximum absolute atomic E-state index is 11.8. The van der Waals surface area contributed by atoms with Crippen LogP contribution in [0.15, 0.2) is 42.3 Å². The molecule has 4 nitrogen and oxygen atoms in total. The summed E-state index contributed by atoms with van der Waals surface area (Å²) in [6.07, 6.45) is 16.2. The van der Waals surface area contributed by atoms with Gasteiger partial charge in [0.2, 0.25) is 0 Å². The third-order valence-corrected chi connectivity index (χ3v) is 9.14. The minimum absolute atomic E-state index is 0.0332. The molecule has 6 atom stereocenters. The van der Waals surface area contributed by atoms with Crippen LogP contribution < -0.4 is 0 Å². The first-order valence-corrected chi connectivity index (χ1v) is 12.1. The minimum atomic E-state index is -0.515. The number of hydrogen-bond acceptors (Lipinski definition) is 4. The zero-order chi connectivity index (χ0) is 21.6. The number of carbonyl (C=O) groups is 1. The molecule has 1 aromatic heterocycles. The molecule has 0 N–H and O–H groups in total. The Balaban J connectivity index is 1.35. The molecule has 2 fully saturated rings. The van der Waals surface area contributed by atoms with E-state index in [1.54, 1.807) is 0 Å². The second kappa shape index (κ2) is 7.79. The lowest BCUT2D eigenvalue weighted by Gasteiger charge is -2.57. The third kappa shape index (κ3) is 3.34. The van der Waals surface area contributed by atoms with E-state index in [9.17, 15) is 4.79 Å². The summed E-state index contributed by atoms with van der Waals surface area (Å²) in [5.74, 6) is 2.18. The number of carbonyl (C=O) groups excluding carboxylic acids is 1. The van der Waals surface area contributed by atoms with E-state index in [1.807, 2.05) is 19.3 Å². The lowest BCUT2D eigenvalue weighted by Crippen LogP contribution is -2.50. The molecule has 5 rings (SSSR count). The predicted molar refractivity (Wildman–Crippen MR) is 121 cm³/mol. The zero-order valence-corrected chi connectivity index (χ0v) is 19.1. The van der Waals surface area contributed by atoms with Crippen LogP contribution in [0.2, 0.25) is 0 Å². The van der Waals surface area contributed by atoms with Crippen LogP contribution in [0, 0.1) is 28.6 Å². The van der Waals surface area contributed by atoms with Crippen LogP contribution in [0.1, 0.15) is 71.3 Å². The Morgan fingerprint density at radius 2 is 1.97 bits per heavy atom. The summed E-state index contributed by atoms with van der Waals surface area (Å²) in [5.41, 5.74) is 4.86. The van der Waals surface area contributed by atoms with Gasteiger partial charge in [-0.1, -0.05) is 37.6 Å². The van der Waals surface area contributed by atoms with Crippen LogP contribution >= 0.6 is 0 Å². The summed E-state index contributed by atoms with van der Waals surface area (Å²) in [5, 5.41) is 0. The molecule has 1 aromatic rings. The van der Waals surface area contributed by atoms with E-state index in [1.165, 1.54) is 36.0 Å². The Morgan fingerprint density at radius 3 is 2.74 bits per heavy atom. The molecular formula is C27H35NO3. The molecule has 0 amide bonds. The highest BCUT2D eigenvalue weighted by molar-refractivity contribution is 5.72. The Bertz CT molecular complexity index is 906. The summed E-state index contributed by atoms with van der Waals surface area (Å²) in [4.78, 5) is 16.2. The number of rotatable bonds is 3. The highest BCUT2D eigenvalue weighted by atomic mass is 16.7. The van der Waals surface area contributed by atoms with E-state index in [0.29, 0.717) is 12.5 Å². The van der Waals surface area contributed by atoms with E-state index < -0.39 is 6.16 Å². The van der Waals surface area contributed by atoms with Gasteiger partial charge in [-0.25, -0.2) is 4.79 Å². The maximum atomic E-state index is 11.8. The number of aromatic nitrogens is 1. The maximum Gasteiger partial charge on any atom is 0.508 e. The highest BCUT2D eigenvalue weighted by Gasteiger charge is 2.57. The van der Waals surface area contributed by atoms with Crippen LogP contribution in [-0.4, -0.2) is 23.9 Å². The number of fused-ring (bicyclic) bond motifs is 5. The van der Waals surface area contributed by atoms with Crippen LogP contribution in [0.5, 0.6) is 0 Å². The van der Waals surface area contributed by atoms with Gasteiger partial charge in [0.1, 0.15) is 6.10 Å². The van der Waals surface area contributed by atoms with Crippen LogP contribution in [0.25, 0.3) is 5.57 Å². The van der Waals surface area contributed by atoms with Gasteiger partial charge in [0.25, 0.3) is 0 Å². The average Bonchev–Trinajstić information content (AvgIpc) is 3.12. The van der Waals surface area contributed by atoms with Gasteiger partial charge in [-0.3, -0.25) is 4.98 Å². The van der Waals surface area contributed by atoms with Crippen LogP contribution in [-0.2, 0) is 9.47 Å². The lowest BCUT2D eigenvalue weighted by atomic mass is 9.47. The predicted octanol–water partition coefficient (Wildman–Crippen LogP) is 6.58. The second-order valence-corrected chi connectivity index (χ2v) is 10.5. The van der Waals surface area contributed by atoms with Crippen molar-refractivity contribution in [1.29, 1.82) is 0 Å². The second-order valence-electron chi connectivity index (χ2n) is 10.5. The molecule has 0 saturated heterocycles. The van der Waals surface area contributed by atoms with Crippen molar-refractivity contribution in [3.8, 4) is 0 Å². The van der Waals surface area contributed by atoms with Gasteiger partial charge >= 0.3 is 6.16 Å². The molecule has 4 aliphatic rings. The van der Waals surface area contributed by atoms with Crippen molar-refractivity contribution >= 4 is 11.7 Å². The van der Waals surface area contributed by atoms with Gasteiger partial charge in [0, 0.05) is 18.8 Å². The first-order chi connectivity index (χ1) is 15.0. The van der Waals surface area contributed by atoms with Crippen molar-refractivity contribution in [1.82, 2.24) is 4.98 Å². The summed E-state index contributed by atoms with van der Waals surface area (Å²) in [6, 6.07) is 4.29. The molecule has 166 valence electrons. The van der Waals surface area contributed by atoms with Crippen LogP contribution in [0.3, 0.4) is 0 Å². The third-order valence-electron chi connectivity index (χ3n) is 9.14. The molecule has 1 heterocycles. The first-order valence-electron chi connectivity index (χ1n) is 12.1. The first kappa shape index (κ1) is 20.8. The average molecular weight is 422 g/mol. The van der Waals surface area contributed by atoms with Gasteiger partial charge in [0.05, 0.1) is 6.61 Å². The van der Waals surface area contributed by atoms with Crippen molar-refractivity contribution in [3.05, 3.63) is 47.8 Å². The summed E-state index contributed by atoms with van der Waals surface area (Å²) >= 11 is 0. The number of ether oxygens (including phenoxy) is 2. The minimum Gasteiger partial charge on any atom is -0.435 e. The van der Waals surface area contributed by atoms with E-state index >= 15 is 0 Å². The van der Waals surface area contributed by atoms with Crippen molar-refractivity contribution < 1.29 is 14.3 Å². The normalized spacial score (nSPS) is 38.8. The fourth-order valence-electron chi connectivity index (χ4n) is 7.55. The molecule has 2 saturated carbocycles. The van der Waals surface area contributed by atoms with E-state index in [-0.39, 0.29) is 16.9 Å². The Labute approximate surface area is 186 Å². The number of allylic oxidation sites excluding steroid dienone is 3. The standard InChI is InChI=1S/C27H35NO3/c1-4-30-25(29)31-20-11-13-26(2)19(16-20)7-8-21-23-10-9-22(18-6-5-15-28-17-18)27(23,3)14-12-24(21)26/h5-7,9,15,17,20-21,23-24H,4,8,10-14,16H2,1-3H3/t20-,21-,23-,24-,26-,27+/m0/s1. The fourth-order valence-corrected chi connectivity index (χ4v) is 7.55. The summed E-state index contributed by atoms with van der Waals surface area (Å²) < 4.78 is 10.6. The number of hydrogen-bond donors (Lipinski definition) is 0. The number of pyridine rings is 1. The van der Waals surface area contributed by atoms with Crippen molar-refractivity contribution in [2.45, 2.75) is 71.8 Å². The van der Waals surface area contributed by atoms with Crippen molar-refractivity contribution in [2.75, 3.05) is 6.61 Å². The molecule has 31 heavy (non-hydrogen) atoms. The fraction of sp³-hybridized carbons (Fsp3) is 0.630. The van der Waals surface area contributed by atoms with Crippen molar-refractivity contribution in [3.63, 3.8) is 0 Å². The number of nitrogens with zero attached hydrogens (tertiary/aromatic N) is 1. The Hall–Kier alpha value is -2.10. The molecule has 0 aromatic carbocycles. The summed E-state index contributed by atoms with van der Waals surface area (Å²) in [7, 11) is 0. The van der Waals surface area contributed by atoms with E-state index in [4.69, 9.17) is 9.47 Å². The van der Waals surface area contributed by atoms with Crippen LogP contribution in [0.4, 0.5) is 4.79 Å². The van der Waals surface area contributed by atoms with E-state index in [2.05, 4.69) is 43.1 Å². The molecule has 4 heteroatoms. The molecule has 0 bridgehead atoms. The molecule has 0 radical (unpaired) electrons. The highest BCUT2D eigenvalue weighted by Crippen LogP contribution is 2.66.